The first-order valence-electron chi connectivity index (χ1n) is 12.6. The van der Waals surface area contributed by atoms with Crippen LogP contribution in [0, 0.1) is 23.6 Å². The van der Waals surface area contributed by atoms with Crippen molar-refractivity contribution >= 4 is 40.8 Å². The summed E-state index contributed by atoms with van der Waals surface area (Å²) in [6.07, 6.45) is 3.02. The van der Waals surface area contributed by atoms with Gasteiger partial charge in [-0.2, -0.15) is 16.7 Å². The van der Waals surface area contributed by atoms with E-state index in [9.17, 15) is 9.18 Å². The molecular formula is C25H32FN7O2S. The molecule has 11 heteroatoms. The van der Waals surface area contributed by atoms with Crippen LogP contribution >= 0.6 is 11.8 Å². The maximum absolute atomic E-state index is 14.8. The monoisotopic (exact) mass is 513 g/mol. The van der Waals surface area contributed by atoms with Crippen molar-refractivity contribution in [2.45, 2.75) is 24.1 Å². The number of nitrogens with two attached hydrogens (primary N) is 1. The van der Waals surface area contributed by atoms with Gasteiger partial charge in [-0.05, 0) is 43.9 Å². The molecule has 0 radical (unpaired) electrons. The van der Waals surface area contributed by atoms with Crippen LogP contribution in [0.3, 0.4) is 0 Å². The number of piperazine rings is 1. The van der Waals surface area contributed by atoms with Gasteiger partial charge in [0.15, 0.2) is 11.6 Å². The summed E-state index contributed by atoms with van der Waals surface area (Å²) < 4.78 is 21.1. The van der Waals surface area contributed by atoms with Crippen LogP contribution in [0.2, 0.25) is 0 Å². The molecule has 1 aromatic heterocycles. The Morgan fingerprint density at radius 1 is 1.25 bits per heavy atom. The molecule has 9 nitrogen and oxygen atoms in total. The summed E-state index contributed by atoms with van der Waals surface area (Å²) in [7, 11) is 2.14. The number of thioether (sulfide) groups is 1. The second kappa shape index (κ2) is 9.59. The third-order valence-electron chi connectivity index (χ3n) is 8.05. The van der Waals surface area contributed by atoms with Gasteiger partial charge in [-0.15, -0.1) is 0 Å². The molecule has 3 fully saturated rings. The third-order valence-corrected chi connectivity index (χ3v) is 9.42. The predicted octanol–water partition coefficient (Wildman–Crippen LogP) is 2.53. The highest BCUT2D eigenvalue weighted by atomic mass is 32.2. The summed E-state index contributed by atoms with van der Waals surface area (Å²) >= 11 is 1.88. The largest absolute Gasteiger partial charge is 0.490 e. The lowest BCUT2D eigenvalue weighted by molar-refractivity contribution is -0.123. The first-order valence-corrected chi connectivity index (χ1v) is 13.7. The van der Waals surface area contributed by atoms with Crippen molar-refractivity contribution in [1.29, 1.82) is 0 Å². The second-order valence-electron chi connectivity index (χ2n) is 10.2. The van der Waals surface area contributed by atoms with E-state index < -0.39 is 5.82 Å². The number of ether oxygens (including phenoxy) is 1. The molecule has 2 saturated carbocycles. The zero-order valence-corrected chi connectivity index (χ0v) is 21.1. The number of fused-ring (bicyclic) bond motifs is 5. The fourth-order valence-electron chi connectivity index (χ4n) is 6.28. The van der Waals surface area contributed by atoms with Crippen LogP contribution in [0.4, 0.5) is 27.5 Å². The van der Waals surface area contributed by atoms with Crippen LogP contribution < -0.4 is 26.0 Å². The minimum atomic E-state index is -0.547. The number of primary amides is 1. The Labute approximate surface area is 214 Å². The number of aromatic nitrogens is 2. The number of nitrogens with one attached hydrogen (secondary N) is 2. The number of carbonyl (C=O) groups is 1. The molecule has 6 rings (SSSR count). The van der Waals surface area contributed by atoms with E-state index in [0.29, 0.717) is 11.9 Å². The number of hydrogen-bond donors (Lipinski definition) is 3. The second-order valence-corrected chi connectivity index (χ2v) is 11.6. The van der Waals surface area contributed by atoms with E-state index in [4.69, 9.17) is 10.5 Å². The predicted molar refractivity (Wildman–Crippen MR) is 139 cm³/mol. The summed E-state index contributed by atoms with van der Waals surface area (Å²) in [5, 5.41) is 6.81. The number of amides is 1. The maximum atomic E-state index is 14.8. The van der Waals surface area contributed by atoms with E-state index in [1.54, 1.807) is 0 Å². The first-order chi connectivity index (χ1) is 17.5. The van der Waals surface area contributed by atoms with Crippen LogP contribution in [-0.2, 0) is 4.79 Å². The highest BCUT2D eigenvalue weighted by Crippen LogP contribution is 2.53. The third kappa shape index (κ3) is 4.43. The number of halogens is 1. The van der Waals surface area contributed by atoms with E-state index in [2.05, 4.69) is 43.5 Å². The average molecular weight is 514 g/mol. The highest BCUT2D eigenvalue weighted by molar-refractivity contribution is 7.99. The minimum absolute atomic E-state index is 0.0976. The molecule has 0 spiro atoms. The summed E-state index contributed by atoms with van der Waals surface area (Å²) in [6.45, 7) is 4.48. The Hall–Kier alpha value is -2.79. The van der Waals surface area contributed by atoms with E-state index in [-0.39, 0.29) is 41.5 Å². The lowest BCUT2D eigenvalue weighted by atomic mass is 9.83. The maximum Gasteiger partial charge on any atom is 0.229 e. The molecule has 1 amide bonds. The van der Waals surface area contributed by atoms with Crippen molar-refractivity contribution < 1.29 is 13.9 Å². The summed E-state index contributed by atoms with van der Waals surface area (Å²) in [4.78, 5) is 25.6. The van der Waals surface area contributed by atoms with E-state index in [0.717, 1.165) is 68.1 Å². The Morgan fingerprint density at radius 2 is 2.08 bits per heavy atom. The number of likely N-dealkylation sites (N-methyl/N-ethyl adjacent to an activating group) is 1. The van der Waals surface area contributed by atoms with Gasteiger partial charge in [-0.3, -0.25) is 4.79 Å². The fraction of sp³-hybridized carbons (Fsp3) is 0.560. The number of carbonyl (C=O) groups excluding carboxylic acids is 1. The number of anilines is 4. The topological polar surface area (TPSA) is 109 Å². The molecule has 4 N–H and O–H groups in total. The van der Waals surface area contributed by atoms with Crippen LogP contribution in [-0.4, -0.2) is 77.7 Å². The normalized spacial score (nSPS) is 29.9. The Balaban J connectivity index is 1.32. The van der Waals surface area contributed by atoms with Crippen molar-refractivity contribution in [2.24, 2.45) is 23.5 Å². The molecule has 2 aromatic rings. The van der Waals surface area contributed by atoms with Crippen molar-refractivity contribution in [1.82, 2.24) is 14.9 Å². The lowest BCUT2D eigenvalue weighted by Gasteiger charge is -2.35. The van der Waals surface area contributed by atoms with E-state index >= 15 is 0 Å². The molecule has 4 aliphatic rings. The van der Waals surface area contributed by atoms with Gasteiger partial charge in [0.25, 0.3) is 0 Å². The SMILES string of the molecule is CN1CCN(c2ccc3cc2OCCS[C@@H]2C[C@@H]4C[C@H]2[C@@H](Nc2nc(ncc2F)N3)[C@H]4C(N)=O)CC1. The van der Waals surface area contributed by atoms with Crippen LogP contribution in [0.5, 0.6) is 5.75 Å². The number of hydrogen-bond acceptors (Lipinski definition) is 9. The number of benzene rings is 1. The minimum Gasteiger partial charge on any atom is -0.490 e. The summed E-state index contributed by atoms with van der Waals surface area (Å²) in [6, 6.07) is 5.76. The van der Waals surface area contributed by atoms with Gasteiger partial charge < -0.3 is 30.9 Å². The molecule has 3 heterocycles. The van der Waals surface area contributed by atoms with Gasteiger partial charge in [0.05, 0.1) is 24.4 Å². The first kappa shape index (κ1) is 23.6. The average Bonchev–Trinajstić information content (AvgIpc) is 3.42. The number of nitrogens with zero attached hydrogens (tertiary/aromatic N) is 4. The Morgan fingerprint density at radius 3 is 2.89 bits per heavy atom. The standard InChI is InChI=1S/C25H32FN7O2S/c1-32-4-6-33(7-5-32)18-3-2-15-12-19(18)35-8-9-36-20-11-14-10-16(20)22(21(14)23(27)34)30-24-17(26)13-28-25(29-15)31-24/h2-3,12-14,16,20-22H,4-11H2,1H3,(H2,27,34)(H2,28,29,30,31)/t14-,16+,20+,21-,22+/m0/s1. The van der Waals surface area contributed by atoms with E-state index in [1.165, 1.54) is 0 Å². The van der Waals surface area contributed by atoms with Crippen molar-refractivity contribution in [3.63, 3.8) is 0 Å². The zero-order valence-electron chi connectivity index (χ0n) is 20.3. The molecule has 2 aliphatic carbocycles. The van der Waals surface area contributed by atoms with E-state index in [1.807, 2.05) is 23.9 Å². The van der Waals surface area contributed by atoms with Gasteiger partial charge in [-0.25, -0.2) is 9.37 Å². The van der Waals surface area contributed by atoms with Crippen molar-refractivity contribution in [3.8, 4) is 5.75 Å². The van der Waals surface area contributed by atoms with Gasteiger partial charge in [-0.1, -0.05) is 0 Å². The lowest BCUT2D eigenvalue weighted by Crippen LogP contribution is -2.46. The van der Waals surface area contributed by atoms with Crippen molar-refractivity contribution in [3.05, 3.63) is 30.2 Å². The van der Waals surface area contributed by atoms with Gasteiger partial charge in [0, 0.05) is 55.0 Å². The molecule has 1 saturated heterocycles. The highest BCUT2D eigenvalue weighted by Gasteiger charge is 2.55. The zero-order chi connectivity index (χ0) is 24.8. The summed E-state index contributed by atoms with van der Waals surface area (Å²) in [5.41, 5.74) is 7.63. The molecule has 36 heavy (non-hydrogen) atoms. The number of rotatable bonds is 2. The fourth-order valence-corrected chi connectivity index (χ4v) is 7.68. The molecular weight excluding hydrogens is 481 g/mol. The van der Waals surface area contributed by atoms with Crippen LogP contribution in [0.15, 0.2) is 24.4 Å². The van der Waals surface area contributed by atoms with Crippen molar-refractivity contribution in [2.75, 3.05) is 61.1 Å². The summed E-state index contributed by atoms with van der Waals surface area (Å²) in [5.74, 6) is 1.25. The Bertz CT molecular complexity index is 1150. The molecule has 192 valence electrons. The molecule has 2 aliphatic heterocycles. The van der Waals surface area contributed by atoms with Crippen LogP contribution in [0.25, 0.3) is 0 Å². The van der Waals surface area contributed by atoms with Gasteiger partial charge >= 0.3 is 0 Å². The molecule has 1 aromatic carbocycles. The van der Waals surface area contributed by atoms with Gasteiger partial charge in [0.1, 0.15) is 5.75 Å². The van der Waals surface area contributed by atoms with Crippen LogP contribution in [0.1, 0.15) is 12.8 Å². The van der Waals surface area contributed by atoms with Gasteiger partial charge in [0.2, 0.25) is 11.9 Å². The molecule has 6 bridgehead atoms. The smallest absolute Gasteiger partial charge is 0.229 e. The Kier molecular flexibility index (Phi) is 6.28. The quantitative estimate of drug-likeness (QED) is 0.558. The molecule has 0 unspecified atom stereocenters. The molecule has 5 atom stereocenters.